The van der Waals surface area contributed by atoms with Gasteiger partial charge in [0.1, 0.15) is 5.75 Å². The molecule has 0 fully saturated rings. The highest BCUT2D eigenvalue weighted by Crippen LogP contribution is 2.17. The third-order valence-corrected chi connectivity index (χ3v) is 3.52. The Morgan fingerprint density at radius 1 is 1.12 bits per heavy atom. The molecule has 0 spiro atoms. The van der Waals surface area contributed by atoms with Gasteiger partial charge in [-0.25, -0.2) is 0 Å². The molecule has 3 aromatic rings. The van der Waals surface area contributed by atoms with E-state index in [9.17, 15) is 4.79 Å². The van der Waals surface area contributed by atoms with Gasteiger partial charge in [-0.1, -0.05) is 29.8 Å². The van der Waals surface area contributed by atoms with Gasteiger partial charge in [-0.05, 0) is 36.8 Å². The van der Waals surface area contributed by atoms with Gasteiger partial charge >= 0.3 is 0 Å². The largest absolute Gasteiger partial charge is 0.484 e. The van der Waals surface area contributed by atoms with E-state index in [2.05, 4.69) is 15.5 Å². The Labute approximate surface area is 145 Å². The summed E-state index contributed by atoms with van der Waals surface area (Å²) in [5, 5.41) is 10.5. The normalized spacial score (nSPS) is 10.5. The molecule has 128 valence electrons. The molecule has 2 aromatic carbocycles. The highest BCUT2D eigenvalue weighted by Gasteiger charge is 2.06. The van der Waals surface area contributed by atoms with Gasteiger partial charge in [-0.2, -0.15) is 0 Å². The molecule has 0 saturated heterocycles. The second kappa shape index (κ2) is 7.61. The molecule has 1 N–H and O–H groups in total. The molecule has 0 radical (unpaired) electrons. The molecule has 0 unspecified atom stereocenters. The number of aryl methyl sites for hydroxylation is 2. The second-order valence-electron chi connectivity index (χ2n) is 5.74. The zero-order chi connectivity index (χ0) is 17.6. The number of rotatable bonds is 6. The molecule has 0 atom stereocenters. The lowest BCUT2D eigenvalue weighted by molar-refractivity contribution is -0.115. The lowest BCUT2D eigenvalue weighted by Crippen LogP contribution is -2.14. The number of benzene rings is 2. The summed E-state index contributed by atoms with van der Waals surface area (Å²) >= 11 is 0. The van der Waals surface area contributed by atoms with Crippen molar-refractivity contribution in [2.24, 2.45) is 0 Å². The van der Waals surface area contributed by atoms with Crippen molar-refractivity contribution in [2.75, 3.05) is 5.32 Å². The quantitative estimate of drug-likeness (QED) is 0.745. The molecule has 3 rings (SSSR count). The number of carbonyl (C=O) groups excluding carboxylic acids is 1. The van der Waals surface area contributed by atoms with E-state index in [0.717, 1.165) is 16.8 Å². The van der Waals surface area contributed by atoms with Crippen molar-refractivity contribution in [1.29, 1.82) is 0 Å². The molecule has 6 heteroatoms. The molecule has 25 heavy (non-hydrogen) atoms. The van der Waals surface area contributed by atoms with Gasteiger partial charge in [0.2, 0.25) is 11.8 Å². The first kappa shape index (κ1) is 16.7. The van der Waals surface area contributed by atoms with E-state index in [1.807, 2.05) is 31.2 Å². The minimum atomic E-state index is -0.0550. The zero-order valence-corrected chi connectivity index (χ0v) is 14.2. The van der Waals surface area contributed by atoms with Crippen LogP contribution in [-0.2, 0) is 17.8 Å². The first-order valence-corrected chi connectivity index (χ1v) is 7.96. The fourth-order valence-electron chi connectivity index (χ4n) is 2.39. The summed E-state index contributed by atoms with van der Waals surface area (Å²) in [5.74, 6) is 1.53. The standard InChI is InChI=1S/C19H19N3O3/c1-13-4-3-5-15(10-13)11-18(23)20-16-6-8-17(9-7-16)24-12-19-22-21-14(2)25-19/h3-10H,11-12H2,1-2H3,(H,20,23). The maximum absolute atomic E-state index is 12.1. The third-order valence-electron chi connectivity index (χ3n) is 3.52. The first-order valence-electron chi connectivity index (χ1n) is 7.96. The van der Waals surface area contributed by atoms with Crippen molar-refractivity contribution >= 4 is 11.6 Å². The average Bonchev–Trinajstić information content (AvgIpc) is 2.99. The van der Waals surface area contributed by atoms with E-state index in [1.54, 1.807) is 31.2 Å². The number of anilines is 1. The summed E-state index contributed by atoms with van der Waals surface area (Å²) in [6, 6.07) is 15.1. The number of nitrogens with one attached hydrogen (secondary N) is 1. The summed E-state index contributed by atoms with van der Waals surface area (Å²) in [6.45, 7) is 3.94. The van der Waals surface area contributed by atoms with Gasteiger partial charge in [0.15, 0.2) is 6.61 Å². The summed E-state index contributed by atoms with van der Waals surface area (Å²) in [4.78, 5) is 12.1. The van der Waals surface area contributed by atoms with Crippen LogP contribution in [0.25, 0.3) is 0 Å². The number of nitrogens with zero attached hydrogens (tertiary/aromatic N) is 2. The van der Waals surface area contributed by atoms with Gasteiger partial charge in [0.25, 0.3) is 5.89 Å². The smallest absolute Gasteiger partial charge is 0.253 e. The maximum atomic E-state index is 12.1. The van der Waals surface area contributed by atoms with Crippen molar-refractivity contribution in [2.45, 2.75) is 26.9 Å². The number of amides is 1. The Morgan fingerprint density at radius 2 is 1.92 bits per heavy atom. The topological polar surface area (TPSA) is 77.2 Å². The van der Waals surface area contributed by atoms with Crippen LogP contribution in [0.1, 0.15) is 22.9 Å². The molecule has 1 amide bonds. The molecule has 6 nitrogen and oxygen atoms in total. The molecule has 0 aliphatic rings. The highest BCUT2D eigenvalue weighted by molar-refractivity contribution is 5.92. The molecular formula is C19H19N3O3. The Kier molecular flexibility index (Phi) is 5.09. The Hall–Kier alpha value is -3.15. The van der Waals surface area contributed by atoms with Crippen molar-refractivity contribution < 1.29 is 13.9 Å². The van der Waals surface area contributed by atoms with Crippen LogP contribution >= 0.6 is 0 Å². The fraction of sp³-hybridized carbons (Fsp3) is 0.211. The first-order chi connectivity index (χ1) is 12.1. The van der Waals surface area contributed by atoms with Crippen LogP contribution in [0.15, 0.2) is 52.9 Å². The van der Waals surface area contributed by atoms with Crippen LogP contribution in [0.3, 0.4) is 0 Å². The van der Waals surface area contributed by atoms with E-state index in [4.69, 9.17) is 9.15 Å². The molecule has 0 aliphatic carbocycles. The van der Waals surface area contributed by atoms with Crippen molar-refractivity contribution in [3.63, 3.8) is 0 Å². The Balaban J connectivity index is 1.52. The zero-order valence-electron chi connectivity index (χ0n) is 14.2. The summed E-state index contributed by atoms with van der Waals surface area (Å²) in [7, 11) is 0. The summed E-state index contributed by atoms with van der Waals surface area (Å²) in [6.07, 6.45) is 0.344. The predicted molar refractivity (Wildman–Crippen MR) is 93.3 cm³/mol. The van der Waals surface area contributed by atoms with Crippen LogP contribution in [0, 0.1) is 13.8 Å². The van der Waals surface area contributed by atoms with Crippen molar-refractivity contribution in [3.05, 3.63) is 71.4 Å². The molecular weight excluding hydrogens is 318 g/mol. The number of hydrogen-bond donors (Lipinski definition) is 1. The predicted octanol–water partition coefficient (Wildman–Crippen LogP) is 3.45. The van der Waals surface area contributed by atoms with Crippen LogP contribution < -0.4 is 10.1 Å². The van der Waals surface area contributed by atoms with Gasteiger partial charge < -0.3 is 14.5 Å². The number of carbonyl (C=O) groups is 1. The van der Waals surface area contributed by atoms with Gasteiger partial charge in [0, 0.05) is 12.6 Å². The maximum Gasteiger partial charge on any atom is 0.253 e. The van der Waals surface area contributed by atoms with E-state index < -0.39 is 0 Å². The molecule has 0 bridgehead atoms. The number of ether oxygens (including phenoxy) is 1. The molecule has 1 aromatic heterocycles. The average molecular weight is 337 g/mol. The van der Waals surface area contributed by atoms with E-state index in [1.165, 1.54) is 0 Å². The Bertz CT molecular complexity index is 856. The molecule has 0 saturated carbocycles. The molecule has 0 aliphatic heterocycles. The van der Waals surface area contributed by atoms with Crippen molar-refractivity contribution in [3.8, 4) is 5.75 Å². The van der Waals surface area contributed by atoms with Gasteiger partial charge in [-0.15, -0.1) is 10.2 Å². The SMILES string of the molecule is Cc1cccc(CC(=O)Nc2ccc(OCc3nnc(C)o3)cc2)c1. The third kappa shape index (κ3) is 4.91. The van der Waals surface area contributed by atoms with Gasteiger partial charge in [0.05, 0.1) is 6.42 Å². The molecule has 1 heterocycles. The lowest BCUT2D eigenvalue weighted by atomic mass is 10.1. The van der Waals surface area contributed by atoms with Gasteiger partial charge in [-0.3, -0.25) is 4.79 Å². The van der Waals surface area contributed by atoms with Crippen molar-refractivity contribution in [1.82, 2.24) is 10.2 Å². The monoisotopic (exact) mass is 337 g/mol. The number of aromatic nitrogens is 2. The van der Waals surface area contributed by atoms with Crippen LogP contribution in [-0.4, -0.2) is 16.1 Å². The second-order valence-corrected chi connectivity index (χ2v) is 5.74. The van der Waals surface area contributed by atoms with E-state index in [0.29, 0.717) is 24.0 Å². The van der Waals surface area contributed by atoms with Crippen LogP contribution in [0.4, 0.5) is 5.69 Å². The Morgan fingerprint density at radius 3 is 2.60 bits per heavy atom. The van der Waals surface area contributed by atoms with Crippen LogP contribution in [0.2, 0.25) is 0 Å². The lowest BCUT2D eigenvalue weighted by Gasteiger charge is -2.08. The van der Waals surface area contributed by atoms with E-state index >= 15 is 0 Å². The highest BCUT2D eigenvalue weighted by atomic mass is 16.5. The fourth-order valence-corrected chi connectivity index (χ4v) is 2.39. The van der Waals surface area contributed by atoms with Crippen LogP contribution in [0.5, 0.6) is 5.75 Å². The van der Waals surface area contributed by atoms with E-state index in [-0.39, 0.29) is 12.5 Å². The summed E-state index contributed by atoms with van der Waals surface area (Å²) in [5.41, 5.74) is 2.86. The minimum absolute atomic E-state index is 0.0550. The minimum Gasteiger partial charge on any atom is -0.484 e. The summed E-state index contributed by atoms with van der Waals surface area (Å²) < 4.78 is 10.8. The number of hydrogen-bond acceptors (Lipinski definition) is 5.